The minimum Gasteiger partial charge on any atom is -0.362 e. The number of hydrogen-bond donors (Lipinski definition) is 0. The first kappa shape index (κ1) is 18.1. The third kappa shape index (κ3) is 3.31. The number of benzene rings is 2. The number of hydrogen-bond acceptors (Lipinski definition) is 2. The lowest BCUT2D eigenvalue weighted by molar-refractivity contribution is -0.113. The summed E-state index contributed by atoms with van der Waals surface area (Å²) in [5.74, 6) is 0.0722. The van der Waals surface area contributed by atoms with Crippen molar-refractivity contribution >= 4 is 22.3 Å². The van der Waals surface area contributed by atoms with Crippen molar-refractivity contribution in [3.63, 3.8) is 0 Å². The van der Waals surface area contributed by atoms with Gasteiger partial charge in [-0.1, -0.05) is 67.3 Å². The van der Waals surface area contributed by atoms with Crippen LogP contribution in [0.5, 0.6) is 0 Å². The fourth-order valence-corrected chi connectivity index (χ4v) is 3.82. The van der Waals surface area contributed by atoms with Gasteiger partial charge in [0.05, 0.1) is 6.04 Å². The number of fused-ring (bicyclic) bond motifs is 1. The van der Waals surface area contributed by atoms with E-state index in [1.54, 1.807) is 6.92 Å². The van der Waals surface area contributed by atoms with Crippen molar-refractivity contribution in [1.29, 1.82) is 0 Å². The van der Waals surface area contributed by atoms with Gasteiger partial charge in [0.1, 0.15) is 0 Å². The van der Waals surface area contributed by atoms with Crippen LogP contribution in [0.2, 0.25) is 0 Å². The van der Waals surface area contributed by atoms with Gasteiger partial charge in [-0.05, 0) is 30.2 Å². The largest absolute Gasteiger partial charge is 0.362 e. The van der Waals surface area contributed by atoms with Crippen molar-refractivity contribution in [3.05, 3.63) is 102 Å². The Labute approximate surface area is 165 Å². The lowest BCUT2D eigenvalue weighted by Gasteiger charge is -2.33. The van der Waals surface area contributed by atoms with Crippen molar-refractivity contribution in [2.75, 3.05) is 0 Å². The molecule has 0 fully saturated rings. The van der Waals surface area contributed by atoms with Gasteiger partial charge in [0.2, 0.25) is 0 Å². The van der Waals surface area contributed by atoms with E-state index >= 15 is 0 Å². The van der Waals surface area contributed by atoms with E-state index < -0.39 is 0 Å². The fraction of sp³-hybridized carbons (Fsp3) is 0.160. The second-order valence-corrected chi connectivity index (χ2v) is 7.28. The first-order chi connectivity index (χ1) is 13.5. The minimum atomic E-state index is -0.00804. The molecule has 1 unspecified atom stereocenters. The minimum absolute atomic E-state index is 0.00804. The summed E-state index contributed by atoms with van der Waals surface area (Å²) >= 11 is 0. The van der Waals surface area contributed by atoms with Crippen LogP contribution in [-0.2, 0) is 18.4 Å². The molecule has 0 saturated heterocycles. The molecule has 0 bridgehead atoms. The molecule has 0 amide bonds. The summed E-state index contributed by atoms with van der Waals surface area (Å²) < 4.78 is 2.19. The number of carbonyl (C=O) groups excluding carboxylic acids is 1. The number of aromatic nitrogens is 1. The summed E-state index contributed by atoms with van der Waals surface area (Å²) in [6.45, 7) is 6.76. The van der Waals surface area contributed by atoms with Gasteiger partial charge in [-0.15, -0.1) is 0 Å². The zero-order chi connectivity index (χ0) is 19.7. The molecule has 0 N–H and O–H groups in total. The van der Waals surface area contributed by atoms with E-state index in [0.717, 1.165) is 23.4 Å². The molecule has 2 heterocycles. The highest BCUT2D eigenvalue weighted by molar-refractivity contribution is 5.96. The van der Waals surface area contributed by atoms with Gasteiger partial charge in [-0.2, -0.15) is 0 Å². The summed E-state index contributed by atoms with van der Waals surface area (Å²) in [4.78, 5) is 14.1. The zero-order valence-corrected chi connectivity index (χ0v) is 16.3. The summed E-state index contributed by atoms with van der Waals surface area (Å²) in [7, 11) is 2.08. The fourth-order valence-electron chi connectivity index (χ4n) is 3.82. The van der Waals surface area contributed by atoms with Crippen LogP contribution < -0.4 is 0 Å². The first-order valence-corrected chi connectivity index (χ1v) is 9.49. The SMILES string of the molecule is C=C(c1cc2ccccc2n1C)C1C=CC(C(C)=O)=CN1Cc1ccccc1. The number of aryl methyl sites for hydroxylation is 1. The van der Waals surface area contributed by atoms with E-state index in [1.807, 2.05) is 30.5 Å². The second-order valence-electron chi connectivity index (χ2n) is 7.28. The van der Waals surface area contributed by atoms with E-state index in [1.165, 1.54) is 16.5 Å². The lowest BCUT2D eigenvalue weighted by atomic mass is 9.97. The molecule has 3 heteroatoms. The van der Waals surface area contributed by atoms with E-state index in [-0.39, 0.29) is 11.8 Å². The second kappa shape index (κ2) is 7.35. The summed E-state index contributed by atoms with van der Waals surface area (Å²) in [5.41, 5.74) is 5.23. The first-order valence-electron chi connectivity index (χ1n) is 9.49. The quantitative estimate of drug-likeness (QED) is 0.626. The lowest BCUT2D eigenvalue weighted by Crippen LogP contribution is -2.33. The summed E-state index contributed by atoms with van der Waals surface area (Å²) in [6.07, 6.45) is 5.97. The third-order valence-electron chi connectivity index (χ3n) is 5.37. The maximum absolute atomic E-state index is 11.9. The maximum Gasteiger partial charge on any atom is 0.161 e. The Morgan fingerprint density at radius 3 is 2.50 bits per heavy atom. The predicted molar refractivity (Wildman–Crippen MR) is 116 cm³/mol. The molecule has 1 aliphatic heterocycles. The molecule has 4 rings (SSSR count). The van der Waals surface area contributed by atoms with Crippen LogP contribution in [0.25, 0.3) is 16.5 Å². The van der Waals surface area contributed by atoms with Crippen LogP contribution in [0.1, 0.15) is 18.2 Å². The van der Waals surface area contributed by atoms with Gasteiger partial charge >= 0.3 is 0 Å². The van der Waals surface area contributed by atoms with Crippen LogP contribution in [0.4, 0.5) is 0 Å². The number of carbonyl (C=O) groups is 1. The number of nitrogens with zero attached hydrogens (tertiary/aromatic N) is 2. The number of Topliss-reactive ketones (excluding diaryl/α,β-unsaturated/α-hetero) is 1. The molecule has 3 aromatic rings. The average Bonchev–Trinajstić information content (AvgIpc) is 3.05. The molecular formula is C25H24N2O. The van der Waals surface area contributed by atoms with Gasteiger partial charge in [0.25, 0.3) is 0 Å². The van der Waals surface area contributed by atoms with Crippen molar-refractivity contribution in [2.45, 2.75) is 19.5 Å². The Morgan fingerprint density at radius 2 is 1.79 bits per heavy atom. The standard InChI is InChI=1S/C25H24N2O/c1-18(25-15-21-11-7-8-12-24(21)26(25)3)23-14-13-22(19(2)28)17-27(23)16-20-9-5-4-6-10-20/h4-15,17,23H,1,16H2,2-3H3. The number of rotatable bonds is 5. The number of ketones is 1. The smallest absolute Gasteiger partial charge is 0.161 e. The van der Waals surface area contributed by atoms with Crippen LogP contribution >= 0.6 is 0 Å². The van der Waals surface area contributed by atoms with Gasteiger partial charge in [-0.25, -0.2) is 0 Å². The Kier molecular flexibility index (Phi) is 4.74. The molecule has 2 aromatic carbocycles. The van der Waals surface area contributed by atoms with Gasteiger partial charge in [0.15, 0.2) is 5.78 Å². The highest BCUT2D eigenvalue weighted by atomic mass is 16.1. The Balaban J connectivity index is 1.71. The molecule has 0 saturated carbocycles. The average molecular weight is 368 g/mol. The van der Waals surface area contributed by atoms with Crippen molar-refractivity contribution < 1.29 is 4.79 Å². The zero-order valence-electron chi connectivity index (χ0n) is 16.3. The van der Waals surface area contributed by atoms with Crippen molar-refractivity contribution in [2.24, 2.45) is 7.05 Å². The normalized spacial score (nSPS) is 16.3. The summed E-state index contributed by atoms with van der Waals surface area (Å²) in [6, 6.07) is 20.8. The van der Waals surface area contributed by atoms with Crippen LogP contribution in [0.3, 0.4) is 0 Å². The van der Waals surface area contributed by atoms with Crippen molar-refractivity contribution in [1.82, 2.24) is 9.47 Å². The molecule has 1 aromatic heterocycles. The molecule has 0 aliphatic carbocycles. The molecule has 0 radical (unpaired) electrons. The Hall–Kier alpha value is -3.33. The van der Waals surface area contributed by atoms with Gasteiger partial charge < -0.3 is 9.47 Å². The number of para-hydroxylation sites is 1. The molecule has 0 spiro atoms. The maximum atomic E-state index is 11.9. The van der Waals surface area contributed by atoms with Crippen LogP contribution in [0, 0.1) is 0 Å². The van der Waals surface area contributed by atoms with E-state index in [4.69, 9.17) is 0 Å². The Bertz CT molecular complexity index is 1100. The highest BCUT2D eigenvalue weighted by Crippen LogP contribution is 2.31. The molecule has 1 aliphatic rings. The molecule has 1 atom stereocenters. The molecule has 140 valence electrons. The Morgan fingerprint density at radius 1 is 1.07 bits per heavy atom. The van der Waals surface area contributed by atoms with Crippen LogP contribution in [-0.4, -0.2) is 21.3 Å². The predicted octanol–water partition coefficient (Wildman–Crippen LogP) is 5.11. The van der Waals surface area contributed by atoms with E-state index in [0.29, 0.717) is 0 Å². The monoisotopic (exact) mass is 368 g/mol. The topological polar surface area (TPSA) is 25.2 Å². The van der Waals surface area contributed by atoms with Crippen LogP contribution in [0.15, 0.2) is 91.2 Å². The molecule has 3 nitrogen and oxygen atoms in total. The molecule has 28 heavy (non-hydrogen) atoms. The summed E-state index contributed by atoms with van der Waals surface area (Å²) in [5, 5.41) is 1.20. The third-order valence-corrected chi connectivity index (χ3v) is 5.37. The molecular weight excluding hydrogens is 344 g/mol. The van der Waals surface area contributed by atoms with Gasteiger partial charge in [0, 0.05) is 42.0 Å². The van der Waals surface area contributed by atoms with Crippen molar-refractivity contribution in [3.8, 4) is 0 Å². The van der Waals surface area contributed by atoms with E-state index in [9.17, 15) is 4.79 Å². The number of allylic oxidation sites excluding steroid dienone is 2. The van der Waals surface area contributed by atoms with Gasteiger partial charge in [-0.3, -0.25) is 4.79 Å². The highest BCUT2D eigenvalue weighted by Gasteiger charge is 2.24. The van der Waals surface area contributed by atoms with E-state index in [2.05, 4.69) is 71.6 Å².